The summed E-state index contributed by atoms with van der Waals surface area (Å²) in [7, 11) is 0. The number of halogens is 1. The van der Waals surface area contributed by atoms with Crippen LogP contribution in [0.1, 0.15) is 30.9 Å². The summed E-state index contributed by atoms with van der Waals surface area (Å²) in [5, 5.41) is 0.682. The zero-order valence-electron chi connectivity index (χ0n) is 14.2. The van der Waals surface area contributed by atoms with Crippen LogP contribution < -0.4 is 0 Å². The highest BCUT2D eigenvalue weighted by Gasteiger charge is 2.36. The van der Waals surface area contributed by atoms with Crippen molar-refractivity contribution in [3.63, 3.8) is 0 Å². The molecule has 6 heteroatoms. The molecule has 2 saturated heterocycles. The lowest BCUT2D eigenvalue weighted by Gasteiger charge is -2.40. The number of allylic oxidation sites excluding steroid dienone is 1. The first kappa shape index (κ1) is 17.8. The first-order valence-electron chi connectivity index (χ1n) is 8.68. The molecule has 5 nitrogen and oxygen atoms in total. The van der Waals surface area contributed by atoms with E-state index >= 15 is 0 Å². The van der Waals surface area contributed by atoms with Crippen molar-refractivity contribution in [2.75, 3.05) is 26.2 Å². The molecule has 2 aliphatic heterocycles. The summed E-state index contributed by atoms with van der Waals surface area (Å²) < 4.78 is 4.97. The molecule has 2 aliphatic rings. The Balaban J connectivity index is 1.77. The maximum Gasteiger partial charge on any atom is 0.409 e. The monoisotopic (exact) mass is 362 g/mol. The van der Waals surface area contributed by atoms with E-state index < -0.39 is 0 Å². The number of hydrogen-bond donors (Lipinski definition) is 0. The maximum absolute atomic E-state index is 13.0. The number of rotatable bonds is 6. The van der Waals surface area contributed by atoms with Crippen LogP contribution in [-0.4, -0.2) is 48.0 Å². The number of likely N-dealkylation sites (tertiary alicyclic amines) is 1. The lowest BCUT2D eigenvalue weighted by atomic mass is 9.86. The predicted molar refractivity (Wildman–Crippen MR) is 96.4 cm³/mol. The summed E-state index contributed by atoms with van der Waals surface area (Å²) in [6, 6.07) is 7.68. The fraction of sp³-hybridized carbons (Fsp3) is 0.474. The lowest BCUT2D eigenvalue weighted by Crippen LogP contribution is -2.46. The molecule has 0 aromatic heterocycles. The number of nitrogens with zero attached hydrogens (tertiary/aromatic N) is 2. The number of ether oxygens (including phenoxy) is 1. The molecule has 3 rings (SSSR count). The normalized spacial score (nSPS) is 23.7. The minimum atomic E-state index is -0.296. The average Bonchev–Trinajstić information content (AvgIpc) is 3.01. The zero-order valence-corrected chi connectivity index (χ0v) is 15.0. The van der Waals surface area contributed by atoms with E-state index in [-0.39, 0.29) is 24.0 Å². The van der Waals surface area contributed by atoms with Crippen molar-refractivity contribution in [1.29, 1.82) is 0 Å². The molecule has 2 amide bonds. The first-order valence-corrected chi connectivity index (χ1v) is 9.06. The van der Waals surface area contributed by atoms with E-state index in [4.69, 9.17) is 16.3 Å². The highest BCUT2D eigenvalue weighted by atomic mass is 35.5. The minimum absolute atomic E-state index is 0.0180. The Labute approximate surface area is 153 Å². The number of benzene rings is 1. The van der Waals surface area contributed by atoms with Crippen LogP contribution in [0.4, 0.5) is 4.79 Å². The number of amides is 2. The van der Waals surface area contributed by atoms with Crippen molar-refractivity contribution >= 4 is 23.6 Å². The Morgan fingerprint density at radius 1 is 1.20 bits per heavy atom. The van der Waals surface area contributed by atoms with Gasteiger partial charge in [0, 0.05) is 24.0 Å². The second kappa shape index (κ2) is 7.91. The molecule has 25 heavy (non-hydrogen) atoms. The standard InChI is InChI=1S/C19H23ClN2O3/c1-2-3-15-6-9-17(14-4-7-16(20)8-5-14)22(18(15)23)11-10-21-12-13-25-19(21)24/h2,4-5,7-8,15,17H,1,3,6,9-13H2. The minimum Gasteiger partial charge on any atom is -0.448 e. The quantitative estimate of drug-likeness (QED) is 0.726. The van der Waals surface area contributed by atoms with Crippen LogP contribution in [-0.2, 0) is 9.53 Å². The summed E-state index contributed by atoms with van der Waals surface area (Å²) in [5.74, 6) is 0.116. The van der Waals surface area contributed by atoms with Crippen LogP contribution in [0.2, 0.25) is 5.02 Å². The van der Waals surface area contributed by atoms with Crippen molar-refractivity contribution in [2.45, 2.75) is 25.3 Å². The molecule has 1 aromatic carbocycles. The number of hydrogen-bond acceptors (Lipinski definition) is 3. The van der Waals surface area contributed by atoms with Gasteiger partial charge in [0.1, 0.15) is 6.61 Å². The predicted octanol–water partition coefficient (Wildman–Crippen LogP) is 3.65. The van der Waals surface area contributed by atoms with Crippen molar-refractivity contribution in [3.8, 4) is 0 Å². The van der Waals surface area contributed by atoms with Gasteiger partial charge in [-0.3, -0.25) is 4.79 Å². The molecule has 0 saturated carbocycles. The van der Waals surface area contributed by atoms with Crippen LogP contribution in [0.3, 0.4) is 0 Å². The summed E-state index contributed by atoms with van der Waals surface area (Å²) in [6.07, 6.45) is 3.95. The molecule has 2 heterocycles. The van der Waals surface area contributed by atoms with E-state index in [0.29, 0.717) is 37.7 Å². The van der Waals surface area contributed by atoms with E-state index in [0.717, 1.165) is 18.4 Å². The fourth-order valence-electron chi connectivity index (χ4n) is 3.60. The van der Waals surface area contributed by atoms with E-state index in [1.807, 2.05) is 29.2 Å². The van der Waals surface area contributed by atoms with Crippen LogP contribution in [0.25, 0.3) is 0 Å². The smallest absolute Gasteiger partial charge is 0.409 e. The SMILES string of the molecule is C=CCC1CCC(c2ccc(Cl)cc2)N(CCN2CCOC2=O)C1=O. The molecular formula is C19H23ClN2O3. The van der Waals surface area contributed by atoms with Gasteiger partial charge < -0.3 is 14.5 Å². The van der Waals surface area contributed by atoms with Crippen molar-refractivity contribution in [1.82, 2.24) is 9.80 Å². The lowest BCUT2D eigenvalue weighted by molar-refractivity contribution is -0.142. The van der Waals surface area contributed by atoms with Crippen molar-refractivity contribution < 1.29 is 14.3 Å². The van der Waals surface area contributed by atoms with Gasteiger partial charge in [-0.05, 0) is 37.0 Å². The van der Waals surface area contributed by atoms with Gasteiger partial charge in [-0.25, -0.2) is 4.79 Å². The summed E-state index contributed by atoms with van der Waals surface area (Å²) in [4.78, 5) is 28.2. The third-order valence-corrected chi connectivity index (χ3v) is 5.21. The third kappa shape index (κ3) is 3.98. The molecule has 0 N–H and O–H groups in total. The summed E-state index contributed by atoms with van der Waals surface area (Å²) in [5.41, 5.74) is 1.08. The number of carbonyl (C=O) groups is 2. The molecule has 2 unspecified atom stereocenters. The Morgan fingerprint density at radius 3 is 2.60 bits per heavy atom. The molecule has 1 aromatic rings. The van der Waals surface area contributed by atoms with E-state index in [2.05, 4.69) is 6.58 Å². The molecular weight excluding hydrogens is 340 g/mol. The third-order valence-electron chi connectivity index (χ3n) is 4.96. The van der Waals surface area contributed by atoms with Gasteiger partial charge in [0.05, 0.1) is 12.6 Å². The Bertz CT molecular complexity index is 647. The van der Waals surface area contributed by atoms with E-state index in [1.54, 1.807) is 11.0 Å². The van der Waals surface area contributed by atoms with Gasteiger partial charge in [0.15, 0.2) is 0 Å². The molecule has 0 radical (unpaired) electrons. The molecule has 0 aliphatic carbocycles. The Hall–Kier alpha value is -2.01. The second-order valence-corrected chi connectivity index (χ2v) is 6.94. The number of piperidine rings is 1. The van der Waals surface area contributed by atoms with Crippen LogP contribution in [0.15, 0.2) is 36.9 Å². The van der Waals surface area contributed by atoms with E-state index in [1.165, 1.54) is 0 Å². The molecule has 0 bridgehead atoms. The van der Waals surface area contributed by atoms with Crippen LogP contribution in [0.5, 0.6) is 0 Å². The highest BCUT2D eigenvalue weighted by molar-refractivity contribution is 6.30. The highest BCUT2D eigenvalue weighted by Crippen LogP contribution is 2.35. The topological polar surface area (TPSA) is 49.9 Å². The number of cyclic esters (lactones) is 1. The summed E-state index contributed by atoms with van der Waals surface area (Å²) >= 11 is 5.99. The van der Waals surface area contributed by atoms with Crippen molar-refractivity contribution in [2.24, 2.45) is 5.92 Å². The van der Waals surface area contributed by atoms with Gasteiger partial charge in [-0.1, -0.05) is 29.8 Å². The van der Waals surface area contributed by atoms with Gasteiger partial charge in [-0.2, -0.15) is 0 Å². The summed E-state index contributed by atoms with van der Waals surface area (Å²) in [6.45, 7) is 5.78. The van der Waals surface area contributed by atoms with Crippen LogP contribution in [0, 0.1) is 5.92 Å². The van der Waals surface area contributed by atoms with Gasteiger partial charge in [0.25, 0.3) is 0 Å². The largest absolute Gasteiger partial charge is 0.448 e. The zero-order chi connectivity index (χ0) is 17.8. The van der Waals surface area contributed by atoms with Gasteiger partial charge in [-0.15, -0.1) is 6.58 Å². The van der Waals surface area contributed by atoms with Gasteiger partial charge in [0.2, 0.25) is 5.91 Å². The molecule has 2 fully saturated rings. The molecule has 134 valence electrons. The first-order chi connectivity index (χ1) is 12.1. The van der Waals surface area contributed by atoms with E-state index in [9.17, 15) is 9.59 Å². The average molecular weight is 363 g/mol. The van der Waals surface area contributed by atoms with Crippen LogP contribution >= 0.6 is 11.6 Å². The molecule has 0 spiro atoms. The fourth-order valence-corrected chi connectivity index (χ4v) is 3.73. The van der Waals surface area contributed by atoms with Gasteiger partial charge >= 0.3 is 6.09 Å². The Morgan fingerprint density at radius 2 is 1.96 bits per heavy atom. The van der Waals surface area contributed by atoms with Crippen molar-refractivity contribution in [3.05, 3.63) is 47.5 Å². The molecule has 2 atom stereocenters. The second-order valence-electron chi connectivity index (χ2n) is 6.50. The Kier molecular flexibility index (Phi) is 5.63. The maximum atomic E-state index is 13.0. The number of carbonyl (C=O) groups excluding carboxylic acids is 2.